The lowest BCUT2D eigenvalue weighted by Crippen LogP contribution is -2.41. The molecular weight excluding hydrogens is 348 g/mol. The van der Waals surface area contributed by atoms with Crippen LogP contribution < -0.4 is 9.62 Å². The summed E-state index contributed by atoms with van der Waals surface area (Å²) in [4.78, 5) is 12.3. The van der Waals surface area contributed by atoms with E-state index in [0.29, 0.717) is 18.7 Å². The van der Waals surface area contributed by atoms with Crippen LogP contribution in [0.1, 0.15) is 22.3 Å². The number of rotatable bonds is 7. The minimum Gasteiger partial charge on any atom is -0.354 e. The molecule has 0 aliphatic carbocycles. The number of benzene rings is 2. The summed E-state index contributed by atoms with van der Waals surface area (Å²) in [6.07, 6.45) is 1.83. The van der Waals surface area contributed by atoms with E-state index in [0.717, 1.165) is 28.5 Å². The topological polar surface area (TPSA) is 66.5 Å². The Bertz CT molecular complexity index is 854. The van der Waals surface area contributed by atoms with Crippen LogP contribution in [-0.2, 0) is 21.2 Å². The Kier molecular flexibility index (Phi) is 6.42. The van der Waals surface area contributed by atoms with Crippen molar-refractivity contribution in [3.63, 3.8) is 0 Å². The van der Waals surface area contributed by atoms with Gasteiger partial charge in [0.15, 0.2) is 0 Å². The number of sulfonamides is 1. The second kappa shape index (κ2) is 8.36. The van der Waals surface area contributed by atoms with E-state index in [-0.39, 0.29) is 12.5 Å². The van der Waals surface area contributed by atoms with Gasteiger partial charge in [-0.25, -0.2) is 8.42 Å². The lowest BCUT2D eigenvalue weighted by molar-refractivity contribution is -0.119. The molecule has 26 heavy (non-hydrogen) atoms. The van der Waals surface area contributed by atoms with Gasteiger partial charge in [-0.3, -0.25) is 9.10 Å². The molecule has 2 aromatic carbocycles. The Morgan fingerprint density at radius 1 is 1.04 bits per heavy atom. The van der Waals surface area contributed by atoms with E-state index in [1.165, 1.54) is 4.31 Å². The summed E-state index contributed by atoms with van der Waals surface area (Å²) in [6.45, 7) is 5.93. The maximum Gasteiger partial charge on any atom is 0.240 e. The zero-order chi connectivity index (χ0) is 19.3. The smallest absolute Gasteiger partial charge is 0.240 e. The van der Waals surface area contributed by atoms with Crippen molar-refractivity contribution in [3.8, 4) is 0 Å². The van der Waals surface area contributed by atoms with Crippen molar-refractivity contribution in [1.29, 1.82) is 0 Å². The molecule has 0 heterocycles. The van der Waals surface area contributed by atoms with E-state index in [2.05, 4.69) is 5.32 Å². The molecule has 0 unspecified atom stereocenters. The number of amides is 1. The van der Waals surface area contributed by atoms with Crippen molar-refractivity contribution in [2.24, 2.45) is 0 Å². The fourth-order valence-electron chi connectivity index (χ4n) is 3.11. The predicted octanol–water partition coefficient (Wildman–Crippen LogP) is 2.74. The minimum atomic E-state index is -3.58. The minimum absolute atomic E-state index is 0.224. The second-order valence-electron chi connectivity index (χ2n) is 6.60. The van der Waals surface area contributed by atoms with Crippen molar-refractivity contribution in [2.45, 2.75) is 27.2 Å². The molecule has 0 radical (unpaired) electrons. The molecule has 0 spiro atoms. The Morgan fingerprint density at radius 2 is 1.62 bits per heavy atom. The molecule has 0 saturated carbocycles. The first-order valence-corrected chi connectivity index (χ1v) is 10.4. The molecule has 0 atom stereocenters. The average molecular weight is 375 g/mol. The van der Waals surface area contributed by atoms with E-state index in [1.807, 2.05) is 63.2 Å². The molecule has 0 saturated heterocycles. The van der Waals surface area contributed by atoms with Gasteiger partial charge in [0.05, 0.1) is 11.9 Å². The molecule has 0 bridgehead atoms. The van der Waals surface area contributed by atoms with Gasteiger partial charge in [-0.1, -0.05) is 48.0 Å². The summed E-state index contributed by atoms with van der Waals surface area (Å²) in [6, 6.07) is 13.7. The van der Waals surface area contributed by atoms with Gasteiger partial charge < -0.3 is 5.32 Å². The number of nitrogens with zero attached hydrogens (tertiary/aromatic N) is 1. The molecule has 5 nitrogen and oxygen atoms in total. The lowest BCUT2D eigenvalue weighted by atomic mass is 10.1. The Hall–Kier alpha value is -2.34. The Balaban J connectivity index is 2.10. The molecule has 2 aromatic rings. The number of hydrogen-bond acceptors (Lipinski definition) is 3. The van der Waals surface area contributed by atoms with Gasteiger partial charge in [0.1, 0.15) is 6.54 Å². The third-order valence-electron chi connectivity index (χ3n) is 4.15. The van der Waals surface area contributed by atoms with Crippen molar-refractivity contribution >= 4 is 21.6 Å². The van der Waals surface area contributed by atoms with E-state index in [9.17, 15) is 13.2 Å². The highest BCUT2D eigenvalue weighted by Gasteiger charge is 2.24. The molecule has 0 aliphatic heterocycles. The standard InChI is InChI=1S/C20H26N2O3S/c1-15-12-16(2)20(17(3)13-15)22(26(4,24)25)14-19(23)21-11-10-18-8-6-5-7-9-18/h5-9,12-13H,10-11,14H2,1-4H3,(H,21,23). The third kappa shape index (κ3) is 5.33. The van der Waals surface area contributed by atoms with Crippen molar-refractivity contribution in [1.82, 2.24) is 5.32 Å². The van der Waals surface area contributed by atoms with Crippen LogP contribution in [-0.4, -0.2) is 33.7 Å². The summed E-state index contributed by atoms with van der Waals surface area (Å²) in [7, 11) is -3.58. The Labute approximate surface area is 156 Å². The molecule has 1 amide bonds. The number of hydrogen-bond donors (Lipinski definition) is 1. The zero-order valence-electron chi connectivity index (χ0n) is 15.7. The molecule has 6 heteroatoms. The van der Waals surface area contributed by atoms with E-state index < -0.39 is 10.0 Å². The summed E-state index contributed by atoms with van der Waals surface area (Å²) in [5, 5.41) is 2.81. The average Bonchev–Trinajstić information content (AvgIpc) is 2.53. The van der Waals surface area contributed by atoms with Gasteiger partial charge in [-0.2, -0.15) is 0 Å². The molecule has 0 aromatic heterocycles. The SMILES string of the molecule is Cc1cc(C)c(N(CC(=O)NCCc2ccccc2)S(C)(=O)=O)c(C)c1. The van der Waals surface area contributed by atoms with Crippen LogP contribution in [0.4, 0.5) is 5.69 Å². The molecule has 0 fully saturated rings. The van der Waals surface area contributed by atoms with Crippen LogP contribution >= 0.6 is 0 Å². The quantitative estimate of drug-likeness (QED) is 0.810. The zero-order valence-corrected chi connectivity index (χ0v) is 16.6. The summed E-state index contributed by atoms with van der Waals surface area (Å²) in [5.41, 5.74) is 4.44. The van der Waals surface area contributed by atoms with Crippen LogP contribution in [0.25, 0.3) is 0 Å². The first-order valence-electron chi connectivity index (χ1n) is 8.54. The normalized spacial score (nSPS) is 11.2. The van der Waals surface area contributed by atoms with E-state index >= 15 is 0 Å². The van der Waals surface area contributed by atoms with Gasteiger partial charge in [-0.05, 0) is 43.9 Å². The van der Waals surface area contributed by atoms with Crippen molar-refractivity contribution in [2.75, 3.05) is 23.7 Å². The van der Waals surface area contributed by atoms with Crippen LogP contribution in [0.3, 0.4) is 0 Å². The summed E-state index contributed by atoms with van der Waals surface area (Å²) in [5.74, 6) is -0.314. The van der Waals surface area contributed by atoms with Crippen LogP contribution in [0, 0.1) is 20.8 Å². The second-order valence-corrected chi connectivity index (χ2v) is 8.51. The van der Waals surface area contributed by atoms with E-state index in [4.69, 9.17) is 0 Å². The fraction of sp³-hybridized carbons (Fsp3) is 0.350. The first-order chi connectivity index (χ1) is 12.2. The summed E-state index contributed by atoms with van der Waals surface area (Å²) < 4.78 is 25.8. The highest BCUT2D eigenvalue weighted by molar-refractivity contribution is 7.92. The van der Waals surface area contributed by atoms with Gasteiger partial charge in [0.25, 0.3) is 0 Å². The van der Waals surface area contributed by atoms with Crippen LogP contribution in [0.2, 0.25) is 0 Å². The van der Waals surface area contributed by atoms with Gasteiger partial charge in [-0.15, -0.1) is 0 Å². The third-order valence-corrected chi connectivity index (χ3v) is 5.26. The number of carbonyl (C=O) groups is 1. The Morgan fingerprint density at radius 3 is 2.15 bits per heavy atom. The highest BCUT2D eigenvalue weighted by Crippen LogP contribution is 2.28. The largest absolute Gasteiger partial charge is 0.354 e. The highest BCUT2D eigenvalue weighted by atomic mass is 32.2. The van der Waals surface area contributed by atoms with Crippen molar-refractivity contribution in [3.05, 3.63) is 64.7 Å². The molecule has 0 aliphatic rings. The maximum atomic E-state index is 12.3. The van der Waals surface area contributed by atoms with Gasteiger partial charge in [0, 0.05) is 6.54 Å². The molecule has 140 valence electrons. The van der Waals surface area contributed by atoms with Crippen LogP contribution in [0.5, 0.6) is 0 Å². The van der Waals surface area contributed by atoms with Crippen LogP contribution in [0.15, 0.2) is 42.5 Å². The number of aryl methyl sites for hydroxylation is 3. The number of nitrogens with one attached hydrogen (secondary N) is 1. The van der Waals surface area contributed by atoms with Crippen molar-refractivity contribution < 1.29 is 13.2 Å². The number of anilines is 1. The number of carbonyl (C=O) groups excluding carboxylic acids is 1. The van der Waals surface area contributed by atoms with E-state index in [1.54, 1.807) is 0 Å². The lowest BCUT2D eigenvalue weighted by Gasteiger charge is -2.26. The maximum absolute atomic E-state index is 12.3. The first kappa shape index (κ1) is 20.0. The van der Waals surface area contributed by atoms with Gasteiger partial charge >= 0.3 is 0 Å². The summed E-state index contributed by atoms with van der Waals surface area (Å²) >= 11 is 0. The fourth-order valence-corrected chi connectivity index (χ4v) is 4.08. The molecule has 2 rings (SSSR count). The monoisotopic (exact) mass is 374 g/mol. The van der Waals surface area contributed by atoms with Gasteiger partial charge in [0.2, 0.25) is 15.9 Å². The predicted molar refractivity (Wildman–Crippen MR) is 106 cm³/mol. The molecule has 1 N–H and O–H groups in total. The molecular formula is C20H26N2O3S.